The summed E-state index contributed by atoms with van der Waals surface area (Å²) in [5, 5.41) is 0. The molecule has 0 aliphatic carbocycles. The zero-order valence-electron chi connectivity index (χ0n) is 10.3. The predicted octanol–water partition coefficient (Wildman–Crippen LogP) is 2.50. The summed E-state index contributed by atoms with van der Waals surface area (Å²) in [5.41, 5.74) is 1.88. The number of anilines is 1. The standard InChI is InChI=1S/C12H15ClF3N3/c13-7-10-8-17-2-1-11(10)19-5-3-18(4-6-19)9-12(14,15)16/h1-2,8H,3-7,9H2. The van der Waals surface area contributed by atoms with E-state index in [0.29, 0.717) is 32.1 Å². The van der Waals surface area contributed by atoms with E-state index in [1.54, 1.807) is 12.4 Å². The maximum Gasteiger partial charge on any atom is 0.401 e. The van der Waals surface area contributed by atoms with Crippen molar-refractivity contribution in [2.24, 2.45) is 0 Å². The van der Waals surface area contributed by atoms with Crippen molar-refractivity contribution in [3.05, 3.63) is 24.0 Å². The van der Waals surface area contributed by atoms with E-state index in [2.05, 4.69) is 9.88 Å². The van der Waals surface area contributed by atoms with Crippen molar-refractivity contribution in [3.8, 4) is 0 Å². The van der Waals surface area contributed by atoms with Gasteiger partial charge >= 0.3 is 6.18 Å². The van der Waals surface area contributed by atoms with Crippen LogP contribution in [0.1, 0.15) is 5.56 Å². The molecule has 1 aromatic heterocycles. The molecule has 0 unspecified atom stereocenters. The Hall–Kier alpha value is -1.01. The minimum absolute atomic E-state index is 0.353. The van der Waals surface area contributed by atoms with Crippen LogP contribution in [-0.2, 0) is 5.88 Å². The SMILES string of the molecule is FC(F)(F)CN1CCN(c2ccncc2CCl)CC1. The van der Waals surface area contributed by atoms with Crippen LogP contribution in [0.15, 0.2) is 18.5 Å². The fourth-order valence-corrected chi connectivity index (χ4v) is 2.44. The first-order valence-corrected chi connectivity index (χ1v) is 6.56. The van der Waals surface area contributed by atoms with Crippen LogP contribution >= 0.6 is 11.6 Å². The third kappa shape index (κ3) is 3.98. The predicted molar refractivity (Wildman–Crippen MR) is 68.5 cm³/mol. The summed E-state index contributed by atoms with van der Waals surface area (Å²) in [7, 11) is 0. The Morgan fingerprint density at radius 3 is 2.47 bits per heavy atom. The van der Waals surface area contributed by atoms with E-state index in [0.717, 1.165) is 11.3 Å². The minimum atomic E-state index is -4.12. The van der Waals surface area contributed by atoms with Crippen LogP contribution in [0.2, 0.25) is 0 Å². The van der Waals surface area contributed by atoms with E-state index in [-0.39, 0.29) is 0 Å². The maximum absolute atomic E-state index is 12.3. The summed E-state index contributed by atoms with van der Waals surface area (Å²) in [4.78, 5) is 7.49. The number of hydrogen-bond acceptors (Lipinski definition) is 3. The molecule has 2 rings (SSSR count). The van der Waals surface area contributed by atoms with Crippen molar-refractivity contribution in [2.45, 2.75) is 12.1 Å². The Balaban J connectivity index is 1.96. The zero-order chi connectivity index (χ0) is 13.9. The van der Waals surface area contributed by atoms with Crippen molar-refractivity contribution in [2.75, 3.05) is 37.6 Å². The lowest BCUT2D eigenvalue weighted by Gasteiger charge is -2.37. The third-order valence-corrected chi connectivity index (χ3v) is 3.43. The number of pyridine rings is 1. The number of hydrogen-bond donors (Lipinski definition) is 0. The van der Waals surface area contributed by atoms with Crippen molar-refractivity contribution >= 4 is 17.3 Å². The van der Waals surface area contributed by atoms with Gasteiger partial charge < -0.3 is 4.90 Å². The molecule has 0 saturated carbocycles. The highest BCUT2D eigenvalue weighted by Gasteiger charge is 2.32. The first-order valence-electron chi connectivity index (χ1n) is 6.02. The monoisotopic (exact) mass is 293 g/mol. The van der Waals surface area contributed by atoms with E-state index in [4.69, 9.17) is 11.6 Å². The van der Waals surface area contributed by atoms with Gasteiger partial charge in [0, 0.05) is 49.8 Å². The van der Waals surface area contributed by atoms with Gasteiger partial charge in [0.1, 0.15) is 0 Å². The summed E-state index contributed by atoms with van der Waals surface area (Å²) in [6.07, 6.45) is -0.752. The fourth-order valence-electron chi connectivity index (χ4n) is 2.23. The Labute approximate surface area is 115 Å². The van der Waals surface area contributed by atoms with Gasteiger partial charge in [0.25, 0.3) is 0 Å². The number of aromatic nitrogens is 1. The van der Waals surface area contributed by atoms with Crippen LogP contribution in [-0.4, -0.2) is 48.8 Å². The van der Waals surface area contributed by atoms with Gasteiger partial charge in [-0.05, 0) is 6.07 Å². The normalized spacial score (nSPS) is 17.8. The summed E-state index contributed by atoms with van der Waals surface area (Å²) in [6.45, 7) is 1.13. The third-order valence-electron chi connectivity index (χ3n) is 3.14. The van der Waals surface area contributed by atoms with Gasteiger partial charge in [-0.3, -0.25) is 9.88 Å². The molecular weight excluding hydrogens is 279 g/mol. The Morgan fingerprint density at radius 1 is 1.21 bits per heavy atom. The molecule has 0 spiro atoms. The first-order chi connectivity index (χ1) is 8.99. The molecule has 0 aromatic carbocycles. The fraction of sp³-hybridized carbons (Fsp3) is 0.583. The van der Waals surface area contributed by atoms with Gasteiger partial charge in [-0.1, -0.05) is 0 Å². The number of rotatable bonds is 3. The lowest BCUT2D eigenvalue weighted by Crippen LogP contribution is -2.49. The molecule has 7 heteroatoms. The van der Waals surface area contributed by atoms with Gasteiger partial charge in [-0.15, -0.1) is 11.6 Å². The van der Waals surface area contributed by atoms with E-state index in [1.165, 1.54) is 4.90 Å². The van der Waals surface area contributed by atoms with Crippen molar-refractivity contribution in [1.29, 1.82) is 0 Å². The van der Waals surface area contributed by atoms with E-state index >= 15 is 0 Å². The molecule has 2 heterocycles. The highest BCUT2D eigenvalue weighted by atomic mass is 35.5. The number of nitrogens with zero attached hydrogens (tertiary/aromatic N) is 3. The largest absolute Gasteiger partial charge is 0.401 e. The molecule has 1 aliphatic rings. The molecule has 1 aromatic rings. The molecule has 1 aliphatic heterocycles. The average molecular weight is 294 g/mol. The molecule has 1 fully saturated rings. The highest BCUT2D eigenvalue weighted by molar-refractivity contribution is 6.17. The Kier molecular flexibility index (Phi) is 4.52. The minimum Gasteiger partial charge on any atom is -0.369 e. The maximum atomic E-state index is 12.3. The second kappa shape index (κ2) is 5.96. The topological polar surface area (TPSA) is 19.4 Å². The molecule has 0 N–H and O–H groups in total. The van der Waals surface area contributed by atoms with Gasteiger partial charge in [0.15, 0.2) is 0 Å². The molecule has 1 saturated heterocycles. The summed E-state index contributed by atoms with van der Waals surface area (Å²) < 4.78 is 36.9. The van der Waals surface area contributed by atoms with Gasteiger partial charge in [0.05, 0.1) is 12.4 Å². The van der Waals surface area contributed by atoms with Crippen LogP contribution in [0.25, 0.3) is 0 Å². The zero-order valence-corrected chi connectivity index (χ0v) is 11.1. The molecule has 0 atom stereocenters. The number of alkyl halides is 4. The van der Waals surface area contributed by atoms with Gasteiger partial charge in [0.2, 0.25) is 0 Å². The first kappa shape index (κ1) is 14.4. The Morgan fingerprint density at radius 2 is 1.89 bits per heavy atom. The quantitative estimate of drug-likeness (QED) is 0.798. The van der Waals surface area contributed by atoms with E-state index in [9.17, 15) is 13.2 Å². The van der Waals surface area contributed by atoms with Crippen molar-refractivity contribution in [1.82, 2.24) is 9.88 Å². The summed E-state index contributed by atoms with van der Waals surface area (Å²) in [6, 6.07) is 1.86. The number of halogens is 4. The van der Waals surface area contributed by atoms with Crippen molar-refractivity contribution in [3.63, 3.8) is 0 Å². The van der Waals surface area contributed by atoms with Crippen LogP contribution in [0.4, 0.5) is 18.9 Å². The average Bonchev–Trinajstić information content (AvgIpc) is 2.38. The lowest BCUT2D eigenvalue weighted by molar-refractivity contribution is -0.146. The van der Waals surface area contributed by atoms with Crippen LogP contribution in [0, 0.1) is 0 Å². The van der Waals surface area contributed by atoms with Crippen LogP contribution < -0.4 is 4.90 Å². The molecule has 0 amide bonds. The van der Waals surface area contributed by atoms with Crippen molar-refractivity contribution < 1.29 is 13.2 Å². The highest BCUT2D eigenvalue weighted by Crippen LogP contribution is 2.23. The smallest absolute Gasteiger partial charge is 0.369 e. The Bertz CT molecular complexity index is 417. The second-order valence-electron chi connectivity index (χ2n) is 4.52. The second-order valence-corrected chi connectivity index (χ2v) is 4.78. The summed E-state index contributed by atoms with van der Waals surface area (Å²) in [5.74, 6) is 0.353. The molecule has 0 radical (unpaired) electrons. The van der Waals surface area contributed by atoms with E-state index in [1.807, 2.05) is 6.07 Å². The van der Waals surface area contributed by atoms with E-state index < -0.39 is 12.7 Å². The lowest BCUT2D eigenvalue weighted by atomic mass is 10.2. The summed E-state index contributed by atoms with van der Waals surface area (Å²) >= 11 is 5.84. The molecule has 0 bridgehead atoms. The molecule has 19 heavy (non-hydrogen) atoms. The number of piperazine rings is 1. The molecule has 3 nitrogen and oxygen atoms in total. The molecular formula is C12H15ClF3N3. The molecule has 106 valence electrons. The van der Waals surface area contributed by atoms with Crippen LogP contribution in [0.3, 0.4) is 0 Å². The van der Waals surface area contributed by atoms with Crippen LogP contribution in [0.5, 0.6) is 0 Å². The van der Waals surface area contributed by atoms with Gasteiger partial charge in [-0.2, -0.15) is 13.2 Å². The van der Waals surface area contributed by atoms with Gasteiger partial charge in [-0.25, -0.2) is 0 Å².